The van der Waals surface area contributed by atoms with Crippen LogP contribution in [0.2, 0.25) is 0 Å². The minimum Gasteiger partial charge on any atom is -0.452 e. The normalized spacial score (nSPS) is 17.6. The molecule has 0 aliphatic carbocycles. The van der Waals surface area contributed by atoms with Crippen LogP contribution in [0.15, 0.2) is 18.2 Å². The third-order valence-corrected chi connectivity index (χ3v) is 4.02. The highest BCUT2D eigenvalue weighted by atomic mass is 16.5. The van der Waals surface area contributed by atoms with Crippen LogP contribution in [-0.4, -0.2) is 41.9 Å². The van der Waals surface area contributed by atoms with E-state index >= 15 is 0 Å². The molecular formula is C16H21N3O4. The van der Waals surface area contributed by atoms with Crippen LogP contribution in [0.25, 0.3) is 0 Å². The Morgan fingerprint density at radius 1 is 1.30 bits per heavy atom. The third kappa shape index (κ3) is 3.80. The van der Waals surface area contributed by atoms with Crippen molar-refractivity contribution >= 4 is 23.5 Å². The van der Waals surface area contributed by atoms with Gasteiger partial charge in [-0.05, 0) is 37.8 Å². The second-order valence-electron chi connectivity index (χ2n) is 5.61. The van der Waals surface area contributed by atoms with Crippen molar-refractivity contribution in [2.24, 2.45) is 5.73 Å². The molecule has 1 aliphatic rings. The summed E-state index contributed by atoms with van der Waals surface area (Å²) in [6.07, 6.45) is 2.19. The highest BCUT2D eigenvalue weighted by molar-refractivity contribution is 5.97. The molecule has 23 heavy (non-hydrogen) atoms. The fourth-order valence-electron chi connectivity index (χ4n) is 2.67. The summed E-state index contributed by atoms with van der Waals surface area (Å²) in [5.41, 5.74) is 12.5. The molecule has 1 saturated heterocycles. The van der Waals surface area contributed by atoms with Gasteiger partial charge in [-0.15, -0.1) is 0 Å². The number of esters is 1. The first-order valence-corrected chi connectivity index (χ1v) is 7.53. The van der Waals surface area contributed by atoms with E-state index in [9.17, 15) is 14.4 Å². The summed E-state index contributed by atoms with van der Waals surface area (Å²) in [5.74, 6) is -1.62. The molecule has 1 aromatic rings. The first-order chi connectivity index (χ1) is 10.9. The van der Waals surface area contributed by atoms with Crippen LogP contribution in [0, 0.1) is 6.92 Å². The van der Waals surface area contributed by atoms with Gasteiger partial charge < -0.3 is 21.1 Å². The van der Waals surface area contributed by atoms with Crippen molar-refractivity contribution in [1.82, 2.24) is 4.90 Å². The number of piperidine rings is 1. The van der Waals surface area contributed by atoms with Gasteiger partial charge in [0.05, 0.1) is 5.56 Å². The number of carbonyl (C=O) groups excluding carboxylic acids is 3. The summed E-state index contributed by atoms with van der Waals surface area (Å²) >= 11 is 0. The zero-order chi connectivity index (χ0) is 17.0. The van der Waals surface area contributed by atoms with Gasteiger partial charge in [0.2, 0.25) is 5.91 Å². The minimum atomic E-state index is -0.660. The molecule has 0 saturated carbocycles. The Bertz CT molecular complexity index is 630. The molecule has 0 spiro atoms. The van der Waals surface area contributed by atoms with Gasteiger partial charge in [-0.1, -0.05) is 12.1 Å². The van der Waals surface area contributed by atoms with Crippen molar-refractivity contribution in [2.75, 3.05) is 18.9 Å². The number of rotatable bonds is 4. The van der Waals surface area contributed by atoms with Crippen molar-refractivity contribution < 1.29 is 19.1 Å². The third-order valence-electron chi connectivity index (χ3n) is 4.02. The van der Waals surface area contributed by atoms with Crippen molar-refractivity contribution in [3.05, 3.63) is 29.3 Å². The second kappa shape index (κ2) is 7.13. The van der Waals surface area contributed by atoms with E-state index in [1.54, 1.807) is 25.1 Å². The first-order valence-electron chi connectivity index (χ1n) is 7.53. The van der Waals surface area contributed by atoms with Gasteiger partial charge in [-0.3, -0.25) is 9.59 Å². The van der Waals surface area contributed by atoms with Gasteiger partial charge in [-0.25, -0.2) is 4.79 Å². The predicted octanol–water partition coefficient (Wildman–Crippen LogP) is 0.600. The van der Waals surface area contributed by atoms with Crippen molar-refractivity contribution in [3.8, 4) is 0 Å². The number of anilines is 1. The number of primary amides is 1. The second-order valence-corrected chi connectivity index (χ2v) is 5.61. The number of nitrogens with zero attached hydrogens (tertiary/aromatic N) is 1. The Balaban J connectivity index is 1.99. The van der Waals surface area contributed by atoms with E-state index in [0.29, 0.717) is 18.7 Å². The van der Waals surface area contributed by atoms with Gasteiger partial charge >= 0.3 is 5.97 Å². The molecule has 124 valence electrons. The summed E-state index contributed by atoms with van der Waals surface area (Å²) < 4.78 is 5.04. The number of ether oxygens (including phenoxy) is 1. The van der Waals surface area contributed by atoms with Crippen molar-refractivity contribution in [2.45, 2.75) is 32.2 Å². The van der Waals surface area contributed by atoms with E-state index in [2.05, 4.69) is 0 Å². The molecule has 2 amide bonds. The van der Waals surface area contributed by atoms with Gasteiger partial charge in [0, 0.05) is 12.2 Å². The lowest BCUT2D eigenvalue weighted by molar-refractivity contribution is -0.143. The quantitative estimate of drug-likeness (QED) is 0.623. The number of hydrogen-bond acceptors (Lipinski definition) is 5. The van der Waals surface area contributed by atoms with Crippen molar-refractivity contribution in [3.63, 3.8) is 0 Å². The van der Waals surface area contributed by atoms with Crippen LogP contribution >= 0.6 is 0 Å². The number of carbonyl (C=O) groups is 3. The summed E-state index contributed by atoms with van der Waals surface area (Å²) in [4.78, 5) is 37.1. The SMILES string of the molecule is Cc1cccc(C(=O)OCC(=O)N2CCCC[C@@H]2C(N)=O)c1N. The number of nitrogen functional groups attached to an aromatic ring is 1. The van der Waals surface area contributed by atoms with E-state index in [1.807, 2.05) is 0 Å². The van der Waals surface area contributed by atoms with E-state index in [4.69, 9.17) is 16.2 Å². The maximum Gasteiger partial charge on any atom is 0.340 e. The Hall–Kier alpha value is -2.57. The molecule has 0 aromatic heterocycles. The molecule has 4 N–H and O–H groups in total. The maximum absolute atomic E-state index is 12.2. The van der Waals surface area contributed by atoms with Gasteiger partial charge in [0.25, 0.3) is 5.91 Å². The molecule has 1 atom stereocenters. The molecule has 1 fully saturated rings. The number of para-hydroxylation sites is 1. The summed E-state index contributed by atoms with van der Waals surface area (Å²) in [5, 5.41) is 0. The largest absolute Gasteiger partial charge is 0.452 e. The smallest absolute Gasteiger partial charge is 0.340 e. The fourth-order valence-corrected chi connectivity index (χ4v) is 2.67. The molecule has 1 heterocycles. The van der Waals surface area contributed by atoms with Crippen LogP contribution in [0.1, 0.15) is 35.2 Å². The molecule has 7 nitrogen and oxygen atoms in total. The zero-order valence-electron chi connectivity index (χ0n) is 13.1. The molecule has 7 heteroatoms. The molecular weight excluding hydrogens is 298 g/mol. The lowest BCUT2D eigenvalue weighted by atomic mass is 10.0. The molecule has 0 bridgehead atoms. The van der Waals surface area contributed by atoms with Gasteiger partial charge in [0.1, 0.15) is 6.04 Å². The van der Waals surface area contributed by atoms with Crippen LogP contribution in [0.3, 0.4) is 0 Å². The minimum absolute atomic E-state index is 0.225. The molecule has 1 aromatic carbocycles. The number of hydrogen-bond donors (Lipinski definition) is 2. The number of amides is 2. The lowest BCUT2D eigenvalue weighted by Crippen LogP contribution is -2.51. The Kier molecular flexibility index (Phi) is 5.20. The molecule has 0 unspecified atom stereocenters. The van der Waals surface area contributed by atoms with E-state index in [0.717, 1.165) is 18.4 Å². The van der Waals surface area contributed by atoms with E-state index < -0.39 is 30.4 Å². The highest BCUT2D eigenvalue weighted by Crippen LogP contribution is 2.19. The summed E-state index contributed by atoms with van der Waals surface area (Å²) in [6.45, 7) is 1.79. The van der Waals surface area contributed by atoms with Crippen LogP contribution in [0.5, 0.6) is 0 Å². The molecule has 1 aliphatic heterocycles. The van der Waals surface area contributed by atoms with E-state index in [1.165, 1.54) is 4.90 Å². The number of likely N-dealkylation sites (tertiary alicyclic amines) is 1. The average Bonchev–Trinajstić information content (AvgIpc) is 2.54. The monoisotopic (exact) mass is 319 g/mol. The van der Waals surface area contributed by atoms with Gasteiger partial charge in [-0.2, -0.15) is 0 Å². The fraction of sp³-hybridized carbons (Fsp3) is 0.438. The maximum atomic E-state index is 12.2. The highest BCUT2D eigenvalue weighted by Gasteiger charge is 2.31. The topological polar surface area (TPSA) is 116 Å². The number of nitrogens with two attached hydrogens (primary N) is 2. The summed E-state index contributed by atoms with van der Waals surface area (Å²) in [6, 6.07) is 4.39. The van der Waals surface area contributed by atoms with Crippen LogP contribution in [0.4, 0.5) is 5.69 Å². The van der Waals surface area contributed by atoms with Crippen LogP contribution < -0.4 is 11.5 Å². The number of aryl methyl sites for hydroxylation is 1. The molecule has 0 radical (unpaired) electrons. The van der Waals surface area contributed by atoms with E-state index in [-0.39, 0.29) is 5.56 Å². The standard InChI is InChI=1S/C16H21N3O4/c1-10-5-4-6-11(14(10)17)16(22)23-9-13(20)19-8-3-2-7-12(19)15(18)21/h4-6,12H,2-3,7-9,17H2,1H3,(H2,18,21)/t12-/m1/s1. The lowest BCUT2D eigenvalue weighted by Gasteiger charge is -2.33. The summed E-state index contributed by atoms with van der Waals surface area (Å²) in [7, 11) is 0. The Morgan fingerprint density at radius 3 is 2.74 bits per heavy atom. The zero-order valence-corrected chi connectivity index (χ0v) is 13.1. The van der Waals surface area contributed by atoms with Gasteiger partial charge in [0.15, 0.2) is 6.61 Å². The number of benzene rings is 1. The first kappa shape index (κ1) is 16.8. The average molecular weight is 319 g/mol. The Morgan fingerprint density at radius 2 is 2.04 bits per heavy atom. The Labute approximate surface area is 134 Å². The van der Waals surface area contributed by atoms with Crippen LogP contribution in [-0.2, 0) is 14.3 Å². The predicted molar refractivity (Wildman–Crippen MR) is 84.4 cm³/mol. The molecule has 2 rings (SSSR count). The van der Waals surface area contributed by atoms with Crippen molar-refractivity contribution in [1.29, 1.82) is 0 Å².